The van der Waals surface area contributed by atoms with Gasteiger partial charge < -0.3 is 25.4 Å². The number of aliphatic hydroxyl groups excluding tert-OH is 4. The maximum absolute atomic E-state index is 9.89. The summed E-state index contributed by atoms with van der Waals surface area (Å²) in [5, 5.41) is 38.3. The summed E-state index contributed by atoms with van der Waals surface area (Å²) in [6.07, 6.45) is -5.47. The molecule has 98 valence electrons. The highest BCUT2D eigenvalue weighted by Gasteiger charge is 2.30. The lowest BCUT2D eigenvalue weighted by Crippen LogP contribution is -2.39. The predicted molar refractivity (Wildman–Crippen MR) is 64.7 cm³/mol. The van der Waals surface area contributed by atoms with Crippen molar-refractivity contribution in [1.82, 2.24) is 9.97 Å². The molecule has 0 bridgehead atoms. The molecule has 1 aromatic heterocycles. The van der Waals surface area contributed by atoms with Gasteiger partial charge in [0.25, 0.3) is 0 Å². The summed E-state index contributed by atoms with van der Waals surface area (Å²) < 4.78 is 0. The summed E-state index contributed by atoms with van der Waals surface area (Å²) in [6, 6.07) is 7.17. The molecular weight excluding hydrogens is 236 g/mol. The molecule has 0 saturated carbocycles. The first-order valence-corrected chi connectivity index (χ1v) is 5.67. The molecule has 2 aromatic rings. The molecule has 0 spiro atoms. The first kappa shape index (κ1) is 13.0. The van der Waals surface area contributed by atoms with E-state index in [1.807, 2.05) is 6.07 Å². The van der Waals surface area contributed by atoms with Gasteiger partial charge in [-0.2, -0.15) is 0 Å². The SMILES string of the molecule is C[C@@H](O)[C@@H](O)[C@H](O)[C@H](O)c1nc2ccccc2[nH]1. The van der Waals surface area contributed by atoms with E-state index < -0.39 is 24.4 Å². The molecule has 0 aliphatic heterocycles. The smallest absolute Gasteiger partial charge is 0.140 e. The van der Waals surface area contributed by atoms with Crippen molar-refractivity contribution in [2.24, 2.45) is 0 Å². The largest absolute Gasteiger partial charge is 0.391 e. The van der Waals surface area contributed by atoms with Crippen LogP contribution >= 0.6 is 0 Å². The normalized spacial score (nSPS) is 18.5. The van der Waals surface area contributed by atoms with Gasteiger partial charge in [-0.3, -0.25) is 0 Å². The van der Waals surface area contributed by atoms with E-state index in [1.165, 1.54) is 6.92 Å². The van der Waals surface area contributed by atoms with Gasteiger partial charge in [0.2, 0.25) is 0 Å². The average molecular weight is 252 g/mol. The van der Waals surface area contributed by atoms with Crippen molar-refractivity contribution >= 4 is 11.0 Å². The number of hydrogen-bond donors (Lipinski definition) is 5. The Bertz CT molecular complexity index is 493. The molecule has 0 saturated heterocycles. The maximum Gasteiger partial charge on any atom is 0.140 e. The highest BCUT2D eigenvalue weighted by Crippen LogP contribution is 2.21. The van der Waals surface area contributed by atoms with Gasteiger partial charge in [0.15, 0.2) is 0 Å². The minimum absolute atomic E-state index is 0.156. The minimum Gasteiger partial charge on any atom is -0.391 e. The van der Waals surface area contributed by atoms with Crippen molar-refractivity contribution in [3.63, 3.8) is 0 Å². The van der Waals surface area contributed by atoms with E-state index in [-0.39, 0.29) is 5.82 Å². The van der Waals surface area contributed by atoms with Crippen LogP contribution < -0.4 is 0 Å². The third-order valence-electron chi connectivity index (χ3n) is 2.86. The maximum atomic E-state index is 9.89. The Morgan fingerprint density at radius 2 is 1.72 bits per heavy atom. The van der Waals surface area contributed by atoms with Gasteiger partial charge in [0.1, 0.15) is 24.1 Å². The molecule has 6 nitrogen and oxygen atoms in total. The Labute approximate surface area is 104 Å². The summed E-state index contributed by atoms with van der Waals surface area (Å²) in [6.45, 7) is 1.33. The zero-order chi connectivity index (χ0) is 13.3. The number of hydrogen-bond acceptors (Lipinski definition) is 5. The number of aromatic amines is 1. The highest BCUT2D eigenvalue weighted by molar-refractivity contribution is 5.74. The third kappa shape index (κ3) is 2.37. The van der Waals surface area contributed by atoms with Crippen LogP contribution in [0, 0.1) is 0 Å². The first-order valence-electron chi connectivity index (χ1n) is 5.67. The van der Waals surface area contributed by atoms with Gasteiger partial charge in [-0.05, 0) is 19.1 Å². The average Bonchev–Trinajstić information content (AvgIpc) is 2.79. The van der Waals surface area contributed by atoms with Crippen molar-refractivity contribution in [3.8, 4) is 0 Å². The van der Waals surface area contributed by atoms with Crippen LogP contribution in [-0.2, 0) is 0 Å². The van der Waals surface area contributed by atoms with E-state index >= 15 is 0 Å². The lowest BCUT2D eigenvalue weighted by Gasteiger charge is -2.23. The molecule has 0 amide bonds. The molecule has 0 unspecified atom stereocenters. The van der Waals surface area contributed by atoms with Gasteiger partial charge in [0, 0.05) is 0 Å². The van der Waals surface area contributed by atoms with Crippen molar-refractivity contribution < 1.29 is 20.4 Å². The van der Waals surface area contributed by atoms with E-state index in [2.05, 4.69) is 9.97 Å². The second-order valence-corrected chi connectivity index (χ2v) is 4.31. The number of nitrogens with one attached hydrogen (secondary N) is 1. The van der Waals surface area contributed by atoms with Crippen LogP contribution in [0.3, 0.4) is 0 Å². The Morgan fingerprint density at radius 1 is 1.06 bits per heavy atom. The van der Waals surface area contributed by atoms with Gasteiger partial charge in [-0.1, -0.05) is 12.1 Å². The predicted octanol–water partition coefficient (Wildman–Crippen LogP) is -0.301. The lowest BCUT2D eigenvalue weighted by molar-refractivity contribution is -0.103. The minimum atomic E-state index is -1.51. The molecule has 0 aliphatic rings. The highest BCUT2D eigenvalue weighted by atomic mass is 16.4. The molecule has 18 heavy (non-hydrogen) atoms. The number of aromatic nitrogens is 2. The monoisotopic (exact) mass is 252 g/mol. The topological polar surface area (TPSA) is 110 Å². The number of fused-ring (bicyclic) bond motifs is 1. The fourth-order valence-electron chi connectivity index (χ4n) is 1.75. The number of H-pyrrole nitrogens is 1. The van der Waals surface area contributed by atoms with E-state index in [9.17, 15) is 20.4 Å². The van der Waals surface area contributed by atoms with Crippen LogP contribution in [0.2, 0.25) is 0 Å². The van der Waals surface area contributed by atoms with Crippen LogP contribution in [0.15, 0.2) is 24.3 Å². The van der Waals surface area contributed by atoms with Gasteiger partial charge >= 0.3 is 0 Å². The molecule has 1 aromatic carbocycles. The Kier molecular flexibility index (Phi) is 3.63. The van der Waals surface area contributed by atoms with Crippen molar-refractivity contribution in [2.45, 2.75) is 31.3 Å². The van der Waals surface area contributed by atoms with Gasteiger partial charge in [-0.25, -0.2) is 4.98 Å². The van der Waals surface area contributed by atoms with Gasteiger partial charge in [0.05, 0.1) is 17.1 Å². The number of benzene rings is 1. The van der Waals surface area contributed by atoms with Crippen LogP contribution in [0.1, 0.15) is 18.9 Å². The van der Waals surface area contributed by atoms with Crippen molar-refractivity contribution in [2.75, 3.05) is 0 Å². The summed E-state index contributed by atoms with van der Waals surface area (Å²) in [5.41, 5.74) is 1.38. The quantitative estimate of drug-likeness (QED) is 0.513. The molecule has 5 N–H and O–H groups in total. The molecule has 6 heteroatoms. The third-order valence-corrected chi connectivity index (χ3v) is 2.86. The fourth-order valence-corrected chi connectivity index (χ4v) is 1.75. The Balaban J connectivity index is 2.25. The number of nitrogens with zero attached hydrogens (tertiary/aromatic N) is 1. The first-order chi connectivity index (χ1) is 8.50. The van der Waals surface area contributed by atoms with E-state index in [4.69, 9.17) is 0 Å². The van der Waals surface area contributed by atoms with Crippen LogP contribution in [0.5, 0.6) is 0 Å². The number of imidazole rings is 1. The summed E-state index contributed by atoms with van der Waals surface area (Å²) in [7, 11) is 0. The second-order valence-electron chi connectivity index (χ2n) is 4.31. The number of aliphatic hydroxyl groups is 4. The zero-order valence-corrected chi connectivity index (χ0v) is 9.85. The van der Waals surface area contributed by atoms with E-state index in [0.717, 1.165) is 5.52 Å². The summed E-state index contributed by atoms with van der Waals surface area (Å²) in [4.78, 5) is 6.97. The van der Waals surface area contributed by atoms with Crippen LogP contribution in [0.4, 0.5) is 0 Å². The Morgan fingerprint density at radius 3 is 2.33 bits per heavy atom. The second kappa shape index (κ2) is 5.03. The van der Waals surface area contributed by atoms with Crippen molar-refractivity contribution in [3.05, 3.63) is 30.1 Å². The van der Waals surface area contributed by atoms with Crippen LogP contribution in [0.25, 0.3) is 11.0 Å². The van der Waals surface area contributed by atoms with E-state index in [0.29, 0.717) is 5.52 Å². The standard InChI is InChI=1S/C12H16N2O4/c1-6(15)9(16)10(17)11(18)12-13-7-4-2-3-5-8(7)14-12/h2-6,9-11,15-18H,1H3,(H,13,14)/t6-,9-,10+,11+/m1/s1. The molecule has 2 rings (SSSR count). The van der Waals surface area contributed by atoms with E-state index in [1.54, 1.807) is 18.2 Å². The van der Waals surface area contributed by atoms with Crippen molar-refractivity contribution in [1.29, 1.82) is 0 Å². The van der Waals surface area contributed by atoms with Crippen LogP contribution in [-0.4, -0.2) is 48.7 Å². The Hall–Kier alpha value is -1.47. The number of rotatable bonds is 4. The molecule has 0 radical (unpaired) electrons. The molecule has 4 atom stereocenters. The fraction of sp³-hybridized carbons (Fsp3) is 0.417. The number of para-hydroxylation sites is 2. The summed E-state index contributed by atoms with van der Waals surface area (Å²) in [5.74, 6) is 0.156. The molecule has 1 heterocycles. The molecule has 0 fully saturated rings. The molecular formula is C12H16N2O4. The molecule has 0 aliphatic carbocycles. The zero-order valence-electron chi connectivity index (χ0n) is 9.85. The van der Waals surface area contributed by atoms with Gasteiger partial charge in [-0.15, -0.1) is 0 Å². The summed E-state index contributed by atoms with van der Waals surface area (Å²) >= 11 is 0. The lowest BCUT2D eigenvalue weighted by atomic mass is 10.0.